The van der Waals surface area contributed by atoms with Gasteiger partial charge in [-0.2, -0.15) is 5.26 Å². The van der Waals surface area contributed by atoms with Crippen molar-refractivity contribution in [3.05, 3.63) is 78.4 Å². The Hall–Kier alpha value is -3.09. The third kappa shape index (κ3) is 2.34. The molecular weight excluding hydrogens is 314 g/mol. The zero-order valence-corrected chi connectivity index (χ0v) is 13.5. The first-order valence-electron chi connectivity index (χ1n) is 7.58. The largest absolute Gasteiger partial charge is 0.507 e. The van der Waals surface area contributed by atoms with Gasteiger partial charge in [0, 0.05) is 15.8 Å². The molecule has 0 saturated carbocycles. The lowest BCUT2D eigenvalue weighted by Crippen LogP contribution is -1.85. The van der Waals surface area contributed by atoms with Crippen LogP contribution in [0.3, 0.4) is 0 Å². The Balaban J connectivity index is 2.01. The highest BCUT2D eigenvalue weighted by Gasteiger charge is 2.16. The summed E-state index contributed by atoms with van der Waals surface area (Å²) in [6.45, 7) is 0. The van der Waals surface area contributed by atoms with Gasteiger partial charge in [-0.3, -0.25) is 0 Å². The number of benzene rings is 3. The van der Waals surface area contributed by atoms with Crippen molar-refractivity contribution in [2.45, 2.75) is 0 Å². The molecule has 0 amide bonds. The summed E-state index contributed by atoms with van der Waals surface area (Å²) in [6, 6.07) is 25.7. The Bertz CT molecular complexity index is 1060. The summed E-state index contributed by atoms with van der Waals surface area (Å²) in [4.78, 5) is 1.04. The van der Waals surface area contributed by atoms with Gasteiger partial charge in [-0.25, -0.2) is 0 Å². The van der Waals surface area contributed by atoms with Crippen LogP contribution in [0.1, 0.15) is 5.56 Å². The number of hydrogen-bond donors (Lipinski definition) is 1. The number of phenolic OH excluding ortho intramolecular Hbond substituents is 1. The topological polar surface area (TPSA) is 44.0 Å². The van der Waals surface area contributed by atoms with E-state index < -0.39 is 0 Å². The highest BCUT2D eigenvalue weighted by atomic mass is 32.1. The third-order valence-corrected chi connectivity index (χ3v) is 5.24. The van der Waals surface area contributed by atoms with E-state index in [1.54, 1.807) is 17.4 Å². The van der Waals surface area contributed by atoms with Crippen molar-refractivity contribution in [3.8, 4) is 33.4 Å². The molecule has 1 N–H and O–H groups in total. The van der Waals surface area contributed by atoms with Crippen molar-refractivity contribution in [2.24, 2.45) is 0 Å². The molecule has 0 unspecified atom stereocenters. The molecule has 0 spiro atoms. The number of nitrogens with zero attached hydrogens (tertiary/aromatic N) is 1. The standard InChI is InChI=1S/C21H13NOS/c22-13-18-16(14-7-3-1-4-8-14)11-19(23)17-12-20(24-21(17)18)15-9-5-2-6-10-15/h1-12,23H. The van der Waals surface area contributed by atoms with Crippen molar-refractivity contribution < 1.29 is 5.11 Å². The first-order chi connectivity index (χ1) is 11.8. The van der Waals surface area contributed by atoms with Crippen LogP contribution in [0.15, 0.2) is 72.8 Å². The van der Waals surface area contributed by atoms with Crippen molar-refractivity contribution >= 4 is 21.4 Å². The monoisotopic (exact) mass is 327 g/mol. The average molecular weight is 327 g/mol. The quantitative estimate of drug-likeness (QED) is 0.504. The maximum absolute atomic E-state index is 10.5. The first-order valence-corrected chi connectivity index (χ1v) is 8.40. The second kappa shape index (κ2) is 5.84. The Morgan fingerprint density at radius 1 is 0.833 bits per heavy atom. The molecule has 114 valence electrons. The second-order valence-corrected chi connectivity index (χ2v) is 6.57. The SMILES string of the molecule is N#Cc1c(-c2ccccc2)cc(O)c2cc(-c3ccccc3)sc12. The molecule has 1 heterocycles. The van der Waals surface area contributed by atoms with Gasteiger partial charge < -0.3 is 5.11 Å². The number of rotatable bonds is 2. The molecule has 0 fully saturated rings. The first kappa shape index (κ1) is 14.5. The van der Waals surface area contributed by atoms with E-state index in [0.717, 1.165) is 31.7 Å². The maximum atomic E-state index is 10.5. The predicted octanol–water partition coefficient (Wildman–Crippen LogP) is 5.81. The number of fused-ring (bicyclic) bond motifs is 1. The van der Waals surface area contributed by atoms with Crippen LogP contribution in [0.5, 0.6) is 5.75 Å². The number of hydrogen-bond acceptors (Lipinski definition) is 3. The fourth-order valence-corrected chi connectivity index (χ4v) is 4.06. The van der Waals surface area contributed by atoms with Crippen LogP contribution >= 0.6 is 11.3 Å². The van der Waals surface area contributed by atoms with Crippen molar-refractivity contribution in [1.82, 2.24) is 0 Å². The number of nitriles is 1. The molecule has 2 nitrogen and oxygen atoms in total. The molecule has 0 aliphatic carbocycles. The van der Waals surface area contributed by atoms with Gasteiger partial charge in [0.1, 0.15) is 11.8 Å². The zero-order chi connectivity index (χ0) is 16.5. The van der Waals surface area contributed by atoms with E-state index in [1.807, 2.05) is 66.7 Å². The van der Waals surface area contributed by atoms with Gasteiger partial charge in [0.05, 0.1) is 10.3 Å². The molecule has 1 aromatic heterocycles. The van der Waals surface area contributed by atoms with E-state index in [1.165, 1.54) is 0 Å². The van der Waals surface area contributed by atoms with Crippen LogP contribution in [0.25, 0.3) is 31.7 Å². The summed E-state index contributed by atoms with van der Waals surface area (Å²) in [5.41, 5.74) is 3.40. The van der Waals surface area contributed by atoms with Crippen LogP contribution in [0.4, 0.5) is 0 Å². The summed E-state index contributed by atoms with van der Waals surface area (Å²) in [6.07, 6.45) is 0. The normalized spacial score (nSPS) is 10.6. The van der Waals surface area contributed by atoms with Crippen LogP contribution in [-0.4, -0.2) is 5.11 Å². The van der Waals surface area contributed by atoms with Crippen molar-refractivity contribution in [1.29, 1.82) is 5.26 Å². The summed E-state index contributed by atoms with van der Waals surface area (Å²) in [5.74, 6) is 0.210. The molecular formula is C21H13NOS. The van der Waals surface area contributed by atoms with Gasteiger partial charge in [0.15, 0.2) is 0 Å². The second-order valence-electron chi connectivity index (χ2n) is 5.52. The van der Waals surface area contributed by atoms with E-state index in [0.29, 0.717) is 5.56 Å². The zero-order valence-electron chi connectivity index (χ0n) is 12.7. The number of aromatic hydroxyl groups is 1. The molecule has 0 bridgehead atoms. The minimum Gasteiger partial charge on any atom is -0.507 e. The Labute approximate surface area is 143 Å². The van der Waals surface area contributed by atoms with E-state index in [4.69, 9.17) is 0 Å². The smallest absolute Gasteiger partial charge is 0.124 e. The molecule has 0 aliphatic rings. The molecule has 0 saturated heterocycles. The molecule has 0 aliphatic heterocycles. The fraction of sp³-hybridized carbons (Fsp3) is 0. The molecule has 3 heteroatoms. The number of thiophene rings is 1. The summed E-state index contributed by atoms with van der Waals surface area (Å²) < 4.78 is 0.829. The third-order valence-electron chi connectivity index (χ3n) is 4.04. The van der Waals surface area contributed by atoms with E-state index in [2.05, 4.69) is 6.07 Å². The Morgan fingerprint density at radius 3 is 2.08 bits per heavy atom. The summed E-state index contributed by atoms with van der Waals surface area (Å²) in [7, 11) is 0. The molecule has 24 heavy (non-hydrogen) atoms. The van der Waals surface area contributed by atoms with Gasteiger partial charge in [-0.15, -0.1) is 11.3 Å². The van der Waals surface area contributed by atoms with Crippen LogP contribution in [0.2, 0.25) is 0 Å². The molecule has 3 aromatic carbocycles. The fourth-order valence-electron chi connectivity index (χ4n) is 2.88. The van der Waals surface area contributed by atoms with Crippen molar-refractivity contribution in [3.63, 3.8) is 0 Å². The van der Waals surface area contributed by atoms with Gasteiger partial charge in [-0.05, 0) is 23.3 Å². The lowest BCUT2D eigenvalue weighted by molar-refractivity contribution is 0.482. The van der Waals surface area contributed by atoms with Crippen LogP contribution < -0.4 is 0 Å². The van der Waals surface area contributed by atoms with Crippen LogP contribution in [-0.2, 0) is 0 Å². The average Bonchev–Trinajstić information content (AvgIpc) is 3.09. The molecule has 0 atom stereocenters. The summed E-state index contributed by atoms with van der Waals surface area (Å²) in [5, 5.41) is 20.9. The van der Waals surface area contributed by atoms with Crippen LogP contribution in [0, 0.1) is 11.3 Å². The van der Waals surface area contributed by atoms with Gasteiger partial charge in [0.2, 0.25) is 0 Å². The highest BCUT2D eigenvalue weighted by molar-refractivity contribution is 7.22. The van der Waals surface area contributed by atoms with Gasteiger partial charge in [-0.1, -0.05) is 60.7 Å². The van der Waals surface area contributed by atoms with E-state index in [9.17, 15) is 10.4 Å². The van der Waals surface area contributed by atoms with Crippen molar-refractivity contribution in [2.75, 3.05) is 0 Å². The minimum atomic E-state index is 0.210. The molecule has 0 radical (unpaired) electrons. The molecule has 4 rings (SSSR count). The van der Waals surface area contributed by atoms with E-state index >= 15 is 0 Å². The Kier molecular flexibility index (Phi) is 3.53. The highest BCUT2D eigenvalue weighted by Crippen LogP contribution is 2.43. The van der Waals surface area contributed by atoms with E-state index in [-0.39, 0.29) is 5.75 Å². The number of phenols is 1. The minimum absolute atomic E-state index is 0.210. The maximum Gasteiger partial charge on any atom is 0.124 e. The lowest BCUT2D eigenvalue weighted by atomic mass is 9.98. The Morgan fingerprint density at radius 2 is 1.46 bits per heavy atom. The van der Waals surface area contributed by atoms with Gasteiger partial charge >= 0.3 is 0 Å². The predicted molar refractivity (Wildman–Crippen MR) is 99.1 cm³/mol. The van der Waals surface area contributed by atoms with Gasteiger partial charge in [0.25, 0.3) is 0 Å². The summed E-state index contributed by atoms with van der Waals surface area (Å²) >= 11 is 1.54. The molecule has 4 aromatic rings. The lowest BCUT2D eigenvalue weighted by Gasteiger charge is -2.07.